The average Bonchev–Trinajstić information content (AvgIpc) is 2.29. The molecule has 0 aliphatic carbocycles. The third-order valence-corrected chi connectivity index (χ3v) is 2.24. The Labute approximate surface area is 100 Å². The van der Waals surface area contributed by atoms with E-state index in [1.54, 1.807) is 0 Å². The van der Waals surface area contributed by atoms with Gasteiger partial charge in [-0.25, -0.2) is 4.39 Å². The van der Waals surface area contributed by atoms with Crippen LogP contribution < -0.4 is 4.74 Å². The molecule has 2 nitrogen and oxygen atoms in total. The van der Waals surface area contributed by atoms with Crippen molar-refractivity contribution in [3.05, 3.63) is 48.4 Å². The van der Waals surface area contributed by atoms with Gasteiger partial charge in [0, 0.05) is 17.8 Å². The van der Waals surface area contributed by atoms with E-state index in [0.717, 1.165) is 11.3 Å². The van der Waals surface area contributed by atoms with E-state index in [4.69, 9.17) is 4.74 Å². The Morgan fingerprint density at radius 1 is 1.12 bits per heavy atom. The summed E-state index contributed by atoms with van der Waals surface area (Å²) >= 11 is 0. The van der Waals surface area contributed by atoms with Crippen molar-refractivity contribution < 1.29 is 9.13 Å². The van der Waals surface area contributed by atoms with E-state index in [0.29, 0.717) is 5.69 Å². The molecule has 0 aliphatic heterocycles. The van der Waals surface area contributed by atoms with Gasteiger partial charge in [0.15, 0.2) is 0 Å². The zero-order chi connectivity index (χ0) is 12.3. The van der Waals surface area contributed by atoms with Crippen molar-refractivity contribution in [1.29, 1.82) is 0 Å². The van der Waals surface area contributed by atoms with Crippen molar-refractivity contribution in [1.82, 2.24) is 4.98 Å². The fourth-order valence-electron chi connectivity index (χ4n) is 1.54. The quantitative estimate of drug-likeness (QED) is 0.804. The van der Waals surface area contributed by atoms with Gasteiger partial charge in [-0.15, -0.1) is 0 Å². The summed E-state index contributed by atoms with van der Waals surface area (Å²) in [7, 11) is 0. The van der Waals surface area contributed by atoms with Gasteiger partial charge in [-0.1, -0.05) is 0 Å². The monoisotopic (exact) mass is 231 g/mol. The number of rotatable bonds is 3. The van der Waals surface area contributed by atoms with E-state index in [1.807, 2.05) is 38.1 Å². The first-order valence-corrected chi connectivity index (χ1v) is 5.54. The van der Waals surface area contributed by atoms with Crippen molar-refractivity contribution >= 4 is 0 Å². The second-order valence-corrected chi connectivity index (χ2v) is 4.05. The minimum absolute atomic E-state index is 0.146. The molecule has 0 fully saturated rings. The fourth-order valence-corrected chi connectivity index (χ4v) is 1.54. The Bertz CT molecular complexity index is 494. The first-order chi connectivity index (χ1) is 8.15. The molecule has 1 aromatic carbocycles. The molecule has 2 aromatic rings. The zero-order valence-electron chi connectivity index (χ0n) is 9.85. The van der Waals surface area contributed by atoms with Crippen LogP contribution in [0.2, 0.25) is 0 Å². The van der Waals surface area contributed by atoms with E-state index in [-0.39, 0.29) is 11.9 Å². The number of hydrogen-bond acceptors (Lipinski definition) is 2. The van der Waals surface area contributed by atoms with Crippen LogP contribution >= 0.6 is 0 Å². The molecule has 88 valence electrons. The van der Waals surface area contributed by atoms with Crippen LogP contribution in [0.5, 0.6) is 5.75 Å². The van der Waals surface area contributed by atoms with E-state index >= 15 is 0 Å². The molecule has 0 saturated carbocycles. The molecule has 17 heavy (non-hydrogen) atoms. The van der Waals surface area contributed by atoms with Crippen molar-refractivity contribution in [3.8, 4) is 17.0 Å². The molecule has 0 amide bonds. The van der Waals surface area contributed by atoms with Gasteiger partial charge in [0.2, 0.25) is 0 Å². The average molecular weight is 231 g/mol. The predicted molar refractivity (Wildman–Crippen MR) is 65.4 cm³/mol. The van der Waals surface area contributed by atoms with Gasteiger partial charge in [0.05, 0.1) is 11.8 Å². The third kappa shape index (κ3) is 3.03. The molecule has 0 spiro atoms. The lowest BCUT2D eigenvalue weighted by molar-refractivity contribution is 0.242. The molecule has 0 atom stereocenters. The molecule has 1 aromatic heterocycles. The van der Waals surface area contributed by atoms with E-state index in [2.05, 4.69) is 4.98 Å². The topological polar surface area (TPSA) is 22.1 Å². The highest BCUT2D eigenvalue weighted by Gasteiger charge is 2.02. The number of nitrogens with zero attached hydrogens (tertiary/aromatic N) is 1. The third-order valence-electron chi connectivity index (χ3n) is 2.24. The first kappa shape index (κ1) is 11.6. The molecule has 3 heteroatoms. The molecular weight excluding hydrogens is 217 g/mol. The molecule has 0 bridgehead atoms. The molecule has 0 aliphatic rings. The maximum absolute atomic E-state index is 13.0. The normalized spacial score (nSPS) is 10.6. The summed E-state index contributed by atoms with van der Waals surface area (Å²) in [4.78, 5) is 4.12. The molecular formula is C14H14FNO. The summed E-state index contributed by atoms with van der Waals surface area (Å²) in [6, 6.07) is 10.2. The lowest BCUT2D eigenvalue weighted by Gasteiger charge is -2.09. The van der Waals surface area contributed by atoms with Gasteiger partial charge in [0.25, 0.3) is 0 Å². The van der Waals surface area contributed by atoms with Crippen molar-refractivity contribution in [3.63, 3.8) is 0 Å². The minimum atomic E-state index is -0.280. The summed E-state index contributed by atoms with van der Waals surface area (Å²) in [5.74, 6) is 0.526. The van der Waals surface area contributed by atoms with Crippen LogP contribution in [-0.2, 0) is 0 Å². The predicted octanol–water partition coefficient (Wildman–Crippen LogP) is 3.67. The van der Waals surface area contributed by atoms with Crippen molar-refractivity contribution in [2.24, 2.45) is 0 Å². The van der Waals surface area contributed by atoms with E-state index < -0.39 is 0 Å². The van der Waals surface area contributed by atoms with E-state index in [1.165, 1.54) is 18.3 Å². The van der Waals surface area contributed by atoms with Crippen LogP contribution in [-0.4, -0.2) is 11.1 Å². The number of hydrogen-bond donors (Lipinski definition) is 0. The summed E-state index contributed by atoms with van der Waals surface area (Å²) in [5, 5.41) is 0. The van der Waals surface area contributed by atoms with Gasteiger partial charge < -0.3 is 4.74 Å². The minimum Gasteiger partial charge on any atom is -0.491 e. The SMILES string of the molecule is CC(C)Oc1ccc(-c2cc(F)ccn2)cc1. The van der Waals surface area contributed by atoms with Gasteiger partial charge in [0.1, 0.15) is 11.6 Å². The Kier molecular flexibility index (Phi) is 3.38. The molecule has 2 rings (SSSR count). The van der Waals surface area contributed by atoms with Crippen LogP contribution in [0.4, 0.5) is 4.39 Å². The maximum atomic E-state index is 13.0. The van der Waals surface area contributed by atoms with Crippen LogP contribution in [0.15, 0.2) is 42.6 Å². The van der Waals surface area contributed by atoms with Crippen LogP contribution in [0.1, 0.15) is 13.8 Å². The van der Waals surface area contributed by atoms with Crippen LogP contribution in [0.3, 0.4) is 0 Å². The summed E-state index contributed by atoms with van der Waals surface area (Å²) in [6.45, 7) is 3.95. The number of ether oxygens (including phenoxy) is 1. The molecule has 0 unspecified atom stereocenters. The lowest BCUT2D eigenvalue weighted by atomic mass is 10.1. The van der Waals surface area contributed by atoms with Gasteiger partial charge in [-0.05, 0) is 44.2 Å². The second kappa shape index (κ2) is 4.95. The summed E-state index contributed by atoms with van der Waals surface area (Å²) < 4.78 is 18.6. The smallest absolute Gasteiger partial charge is 0.126 e. The Morgan fingerprint density at radius 3 is 2.41 bits per heavy atom. The molecule has 0 N–H and O–H groups in total. The van der Waals surface area contributed by atoms with E-state index in [9.17, 15) is 4.39 Å². The van der Waals surface area contributed by atoms with Crippen molar-refractivity contribution in [2.75, 3.05) is 0 Å². The molecule has 0 saturated heterocycles. The van der Waals surface area contributed by atoms with Crippen LogP contribution in [0.25, 0.3) is 11.3 Å². The number of halogens is 1. The van der Waals surface area contributed by atoms with Gasteiger partial charge in [-0.2, -0.15) is 0 Å². The second-order valence-electron chi connectivity index (χ2n) is 4.05. The molecule has 0 radical (unpaired) electrons. The summed E-state index contributed by atoms with van der Waals surface area (Å²) in [5.41, 5.74) is 1.50. The Morgan fingerprint density at radius 2 is 1.82 bits per heavy atom. The number of benzene rings is 1. The Hall–Kier alpha value is -1.90. The summed E-state index contributed by atoms with van der Waals surface area (Å²) in [6.07, 6.45) is 1.61. The number of aromatic nitrogens is 1. The molecule has 1 heterocycles. The van der Waals surface area contributed by atoms with Crippen LogP contribution in [0, 0.1) is 5.82 Å². The zero-order valence-corrected chi connectivity index (χ0v) is 9.85. The fraction of sp³-hybridized carbons (Fsp3) is 0.214. The lowest BCUT2D eigenvalue weighted by Crippen LogP contribution is -2.05. The maximum Gasteiger partial charge on any atom is 0.126 e. The first-order valence-electron chi connectivity index (χ1n) is 5.54. The highest BCUT2D eigenvalue weighted by molar-refractivity contribution is 5.59. The highest BCUT2D eigenvalue weighted by Crippen LogP contribution is 2.21. The number of pyridine rings is 1. The highest BCUT2D eigenvalue weighted by atomic mass is 19.1. The standard InChI is InChI=1S/C14H14FNO/c1-10(2)17-13-5-3-11(4-6-13)14-9-12(15)7-8-16-14/h3-10H,1-2H3. The largest absolute Gasteiger partial charge is 0.491 e. The van der Waals surface area contributed by atoms with Gasteiger partial charge in [-0.3, -0.25) is 4.98 Å². The van der Waals surface area contributed by atoms with Crippen molar-refractivity contribution in [2.45, 2.75) is 20.0 Å². The Balaban J connectivity index is 2.23. The van der Waals surface area contributed by atoms with Gasteiger partial charge >= 0.3 is 0 Å².